The number of para-hydroxylation sites is 1. The van der Waals surface area contributed by atoms with Gasteiger partial charge < -0.3 is 19.7 Å². The van der Waals surface area contributed by atoms with Gasteiger partial charge in [-0.3, -0.25) is 0 Å². The Morgan fingerprint density at radius 1 is 1.25 bits per heavy atom. The molecular weight excluding hydrogens is 276 g/mol. The van der Waals surface area contributed by atoms with Crippen LogP contribution in [0.4, 0.5) is 0 Å². The van der Waals surface area contributed by atoms with E-state index in [1.54, 1.807) is 7.11 Å². The van der Waals surface area contributed by atoms with Crippen molar-refractivity contribution < 1.29 is 9.47 Å². The Labute approximate surface area is 127 Å². The van der Waals surface area contributed by atoms with Crippen molar-refractivity contribution in [3.05, 3.63) is 28.8 Å². The topological polar surface area (TPSA) is 33.7 Å². The lowest BCUT2D eigenvalue weighted by atomic mass is 10.2. The summed E-state index contributed by atoms with van der Waals surface area (Å²) in [6, 6.07) is 5.84. The van der Waals surface area contributed by atoms with E-state index in [-0.39, 0.29) is 0 Å². The first-order chi connectivity index (χ1) is 9.65. The molecule has 0 spiro atoms. The van der Waals surface area contributed by atoms with Crippen molar-refractivity contribution in [2.45, 2.75) is 13.0 Å². The van der Waals surface area contributed by atoms with Gasteiger partial charge in [-0.1, -0.05) is 23.7 Å². The quantitative estimate of drug-likeness (QED) is 0.673. The second-order valence-electron chi connectivity index (χ2n) is 4.90. The molecule has 0 aromatic heterocycles. The van der Waals surface area contributed by atoms with E-state index in [0.717, 1.165) is 37.4 Å². The van der Waals surface area contributed by atoms with Gasteiger partial charge >= 0.3 is 0 Å². The van der Waals surface area contributed by atoms with E-state index in [9.17, 15) is 0 Å². The minimum absolute atomic E-state index is 0.667. The van der Waals surface area contributed by atoms with Gasteiger partial charge in [0.2, 0.25) is 0 Å². The van der Waals surface area contributed by atoms with Crippen molar-refractivity contribution in [1.82, 2.24) is 10.2 Å². The average molecular weight is 301 g/mol. The Morgan fingerprint density at radius 3 is 2.75 bits per heavy atom. The predicted octanol–water partition coefficient (Wildman–Crippen LogP) is 2.41. The van der Waals surface area contributed by atoms with Crippen LogP contribution < -0.4 is 10.1 Å². The second kappa shape index (κ2) is 10.00. The molecule has 5 heteroatoms. The molecule has 0 fully saturated rings. The molecule has 1 aromatic rings. The van der Waals surface area contributed by atoms with E-state index < -0.39 is 0 Å². The zero-order valence-electron chi connectivity index (χ0n) is 12.6. The standard InChI is InChI=1S/C15H25ClN2O2/c1-18(2)9-5-10-20-15-13(6-4-7-14(15)16)12-17-8-11-19-3/h4,6-7,17H,5,8-12H2,1-3H3. The van der Waals surface area contributed by atoms with Crippen molar-refractivity contribution in [2.24, 2.45) is 0 Å². The highest BCUT2D eigenvalue weighted by molar-refractivity contribution is 6.32. The maximum absolute atomic E-state index is 6.22. The average Bonchev–Trinajstić information content (AvgIpc) is 2.41. The van der Waals surface area contributed by atoms with Gasteiger partial charge in [0, 0.05) is 32.3 Å². The second-order valence-corrected chi connectivity index (χ2v) is 5.31. The van der Waals surface area contributed by atoms with Crippen LogP contribution in [0.5, 0.6) is 5.75 Å². The molecule has 0 radical (unpaired) electrons. The van der Waals surface area contributed by atoms with Gasteiger partial charge in [-0.2, -0.15) is 0 Å². The Hall–Kier alpha value is -0.810. The summed E-state index contributed by atoms with van der Waals surface area (Å²) < 4.78 is 10.9. The fraction of sp³-hybridized carbons (Fsp3) is 0.600. The van der Waals surface area contributed by atoms with Crippen LogP contribution in [0, 0.1) is 0 Å². The third-order valence-corrected chi connectivity index (χ3v) is 3.14. The molecule has 0 saturated heterocycles. The summed E-state index contributed by atoms with van der Waals surface area (Å²) >= 11 is 6.22. The molecule has 0 bridgehead atoms. The lowest BCUT2D eigenvalue weighted by molar-refractivity contribution is 0.199. The lowest BCUT2D eigenvalue weighted by Crippen LogP contribution is -2.19. The van der Waals surface area contributed by atoms with E-state index in [2.05, 4.69) is 24.3 Å². The van der Waals surface area contributed by atoms with Crippen molar-refractivity contribution >= 4 is 11.6 Å². The zero-order chi connectivity index (χ0) is 14.8. The molecule has 0 aliphatic carbocycles. The Kier molecular flexibility index (Phi) is 8.62. The molecule has 0 atom stereocenters. The van der Waals surface area contributed by atoms with Gasteiger partial charge in [-0.15, -0.1) is 0 Å². The molecule has 0 aliphatic heterocycles. The summed E-state index contributed by atoms with van der Waals surface area (Å²) in [7, 11) is 5.81. The summed E-state index contributed by atoms with van der Waals surface area (Å²) in [5, 5.41) is 3.97. The number of benzene rings is 1. The van der Waals surface area contributed by atoms with Crippen LogP contribution in [-0.4, -0.2) is 52.4 Å². The van der Waals surface area contributed by atoms with E-state index >= 15 is 0 Å². The molecular formula is C15H25ClN2O2. The number of halogens is 1. The number of methoxy groups -OCH3 is 1. The number of rotatable bonds is 10. The normalized spacial score (nSPS) is 11.1. The van der Waals surface area contributed by atoms with E-state index in [1.807, 2.05) is 18.2 Å². The van der Waals surface area contributed by atoms with Crippen LogP contribution in [-0.2, 0) is 11.3 Å². The molecule has 4 nitrogen and oxygen atoms in total. The van der Waals surface area contributed by atoms with Crippen LogP contribution in [0.25, 0.3) is 0 Å². The van der Waals surface area contributed by atoms with Crippen molar-refractivity contribution in [3.8, 4) is 5.75 Å². The van der Waals surface area contributed by atoms with Crippen LogP contribution in [0.15, 0.2) is 18.2 Å². The van der Waals surface area contributed by atoms with E-state index in [4.69, 9.17) is 21.1 Å². The lowest BCUT2D eigenvalue weighted by Gasteiger charge is -2.15. The summed E-state index contributed by atoms with van der Waals surface area (Å²) in [5.41, 5.74) is 1.08. The Morgan fingerprint density at radius 2 is 2.05 bits per heavy atom. The fourth-order valence-corrected chi connectivity index (χ4v) is 2.06. The highest BCUT2D eigenvalue weighted by Gasteiger charge is 2.08. The maximum Gasteiger partial charge on any atom is 0.142 e. The maximum atomic E-state index is 6.22. The van der Waals surface area contributed by atoms with Crippen molar-refractivity contribution in [1.29, 1.82) is 0 Å². The predicted molar refractivity (Wildman–Crippen MR) is 83.7 cm³/mol. The number of nitrogens with zero attached hydrogens (tertiary/aromatic N) is 1. The molecule has 114 valence electrons. The molecule has 0 amide bonds. The summed E-state index contributed by atoms with van der Waals surface area (Å²) in [4.78, 5) is 2.14. The molecule has 1 N–H and O–H groups in total. The third-order valence-electron chi connectivity index (χ3n) is 2.84. The smallest absolute Gasteiger partial charge is 0.142 e. The number of ether oxygens (including phenoxy) is 2. The highest BCUT2D eigenvalue weighted by Crippen LogP contribution is 2.28. The van der Waals surface area contributed by atoms with Gasteiger partial charge in [-0.05, 0) is 26.6 Å². The molecule has 20 heavy (non-hydrogen) atoms. The van der Waals surface area contributed by atoms with E-state index in [1.165, 1.54) is 0 Å². The van der Waals surface area contributed by atoms with Crippen LogP contribution in [0.2, 0.25) is 5.02 Å². The molecule has 0 heterocycles. The van der Waals surface area contributed by atoms with Crippen LogP contribution >= 0.6 is 11.6 Å². The first-order valence-electron chi connectivity index (χ1n) is 6.89. The first-order valence-corrected chi connectivity index (χ1v) is 7.27. The zero-order valence-corrected chi connectivity index (χ0v) is 13.4. The number of hydrogen-bond donors (Lipinski definition) is 1. The molecule has 0 saturated carbocycles. The van der Waals surface area contributed by atoms with Gasteiger partial charge in [0.1, 0.15) is 5.75 Å². The van der Waals surface area contributed by atoms with Gasteiger partial charge in [0.25, 0.3) is 0 Å². The largest absolute Gasteiger partial charge is 0.492 e. The van der Waals surface area contributed by atoms with Crippen molar-refractivity contribution in [2.75, 3.05) is 47.5 Å². The minimum atomic E-state index is 0.667. The Bertz CT molecular complexity index is 386. The summed E-state index contributed by atoms with van der Waals surface area (Å²) in [6.45, 7) is 3.91. The first kappa shape index (κ1) is 17.2. The summed E-state index contributed by atoms with van der Waals surface area (Å²) in [5.74, 6) is 0.790. The van der Waals surface area contributed by atoms with Gasteiger partial charge in [0.05, 0.1) is 18.2 Å². The van der Waals surface area contributed by atoms with Crippen LogP contribution in [0.1, 0.15) is 12.0 Å². The number of nitrogens with one attached hydrogen (secondary N) is 1. The molecule has 0 unspecified atom stereocenters. The highest BCUT2D eigenvalue weighted by atomic mass is 35.5. The molecule has 1 aromatic carbocycles. The SMILES string of the molecule is COCCNCc1cccc(Cl)c1OCCCN(C)C. The van der Waals surface area contributed by atoms with Crippen LogP contribution in [0.3, 0.4) is 0 Å². The van der Waals surface area contributed by atoms with Gasteiger partial charge in [-0.25, -0.2) is 0 Å². The van der Waals surface area contributed by atoms with E-state index in [0.29, 0.717) is 18.2 Å². The minimum Gasteiger partial charge on any atom is -0.492 e. The molecule has 0 aliphatic rings. The molecule has 1 rings (SSSR count). The summed E-state index contributed by atoms with van der Waals surface area (Å²) in [6.07, 6.45) is 0.981. The number of hydrogen-bond acceptors (Lipinski definition) is 4. The Balaban J connectivity index is 2.49. The van der Waals surface area contributed by atoms with Crippen molar-refractivity contribution in [3.63, 3.8) is 0 Å². The van der Waals surface area contributed by atoms with Gasteiger partial charge in [0.15, 0.2) is 0 Å². The third kappa shape index (κ3) is 6.57. The monoisotopic (exact) mass is 300 g/mol. The fourth-order valence-electron chi connectivity index (χ4n) is 1.81.